The largest absolute Gasteiger partial charge is 0.507 e. The Morgan fingerprint density at radius 1 is 0.604 bits per heavy atom. The van der Waals surface area contributed by atoms with E-state index >= 15 is 0 Å². The standard InChI is InChI=1S/C34H26N4O12S3/c1-17-11-19(7-9-25(17)35-37-27-16-29(52(45,46)47)23-5-3-4-6-24(23)33(27)40)20-8-10-26(18(2)12-20)36-38-32-30(53(48,49)50)14-21-13-22(51(42,43)44)15-28(39)31(21)34(32)41/h3-16,35-36,39H,1-2H3,(H,42,43,44)(H,45,46,47)(H,48,49,50). The quantitative estimate of drug-likeness (QED) is 0.105. The summed E-state index contributed by atoms with van der Waals surface area (Å²) in [6.45, 7) is 3.46. The maximum Gasteiger partial charge on any atom is 0.296 e. The summed E-state index contributed by atoms with van der Waals surface area (Å²) in [5.41, 5.74) is 7.11. The van der Waals surface area contributed by atoms with Gasteiger partial charge in [0.15, 0.2) is 5.71 Å². The summed E-state index contributed by atoms with van der Waals surface area (Å²) < 4.78 is 101. The molecule has 0 fully saturated rings. The molecule has 4 aromatic rings. The maximum atomic E-state index is 13.3. The lowest BCUT2D eigenvalue weighted by molar-refractivity contribution is 0.105. The van der Waals surface area contributed by atoms with Crippen molar-refractivity contribution in [1.29, 1.82) is 0 Å². The van der Waals surface area contributed by atoms with Crippen LogP contribution in [-0.2, 0) is 30.4 Å². The third-order valence-electron chi connectivity index (χ3n) is 8.25. The van der Waals surface area contributed by atoms with Crippen LogP contribution < -0.4 is 10.9 Å². The van der Waals surface area contributed by atoms with Crippen LogP contribution in [0.5, 0.6) is 5.75 Å². The Kier molecular flexibility index (Phi) is 9.27. The summed E-state index contributed by atoms with van der Waals surface area (Å²) in [6.07, 6.45) is 1.73. The number of hydrogen-bond acceptors (Lipinski definition) is 13. The first-order valence-electron chi connectivity index (χ1n) is 15.0. The Bertz CT molecular complexity index is 2770. The Hall–Kier alpha value is -5.83. The van der Waals surface area contributed by atoms with Crippen molar-refractivity contribution in [3.63, 3.8) is 0 Å². The third kappa shape index (κ3) is 7.29. The minimum atomic E-state index is -5.10. The molecule has 19 heteroatoms. The van der Waals surface area contributed by atoms with Crippen LogP contribution in [-0.4, -0.2) is 67.0 Å². The number of nitrogens with one attached hydrogen (secondary N) is 2. The van der Waals surface area contributed by atoms with Gasteiger partial charge in [-0.1, -0.05) is 36.4 Å². The number of aromatic hydroxyl groups is 1. The molecule has 6 rings (SSSR count). The molecule has 4 aromatic carbocycles. The summed E-state index contributed by atoms with van der Waals surface area (Å²) in [4.78, 5) is 24.1. The van der Waals surface area contributed by atoms with Gasteiger partial charge in [0, 0.05) is 17.2 Å². The van der Waals surface area contributed by atoms with E-state index in [1.165, 1.54) is 18.2 Å². The van der Waals surface area contributed by atoms with Crippen LogP contribution in [0.4, 0.5) is 11.4 Å². The predicted octanol–water partition coefficient (Wildman–Crippen LogP) is 4.71. The Balaban J connectivity index is 1.25. The second-order valence-corrected chi connectivity index (χ2v) is 16.0. The average molecular weight is 779 g/mol. The second kappa shape index (κ2) is 13.3. The molecule has 53 heavy (non-hydrogen) atoms. The number of hydrazone groups is 2. The van der Waals surface area contributed by atoms with Crippen LogP contribution in [0, 0.1) is 13.8 Å². The first-order chi connectivity index (χ1) is 24.7. The van der Waals surface area contributed by atoms with E-state index in [4.69, 9.17) is 0 Å². The van der Waals surface area contributed by atoms with Crippen molar-refractivity contribution in [3.05, 3.63) is 117 Å². The van der Waals surface area contributed by atoms with Gasteiger partial charge in [-0.3, -0.25) is 34.1 Å². The first-order valence-corrected chi connectivity index (χ1v) is 19.4. The fraction of sp³-hybridized carbons (Fsp3) is 0.0588. The van der Waals surface area contributed by atoms with Crippen LogP contribution in [0.3, 0.4) is 0 Å². The number of benzene rings is 4. The van der Waals surface area contributed by atoms with Crippen molar-refractivity contribution in [2.75, 3.05) is 10.9 Å². The number of nitrogens with zero attached hydrogens (tertiary/aromatic N) is 2. The van der Waals surface area contributed by atoms with Crippen LogP contribution in [0.15, 0.2) is 98.9 Å². The van der Waals surface area contributed by atoms with Gasteiger partial charge in [-0.15, -0.1) is 0 Å². The van der Waals surface area contributed by atoms with Crippen molar-refractivity contribution in [2.24, 2.45) is 10.2 Å². The van der Waals surface area contributed by atoms with Gasteiger partial charge in [-0.05, 0) is 84.1 Å². The van der Waals surface area contributed by atoms with Gasteiger partial charge in [-0.2, -0.15) is 35.5 Å². The van der Waals surface area contributed by atoms with E-state index in [-0.39, 0.29) is 16.8 Å². The third-order valence-corrected chi connectivity index (χ3v) is 10.8. The molecular formula is C34H26N4O12S3. The molecule has 0 unspecified atom stereocenters. The van der Waals surface area contributed by atoms with Gasteiger partial charge in [-0.25, -0.2) is 0 Å². The Morgan fingerprint density at radius 2 is 1.15 bits per heavy atom. The number of Topliss-reactive ketones (excluding diaryl/α,β-unsaturated/α-hetero) is 2. The van der Waals surface area contributed by atoms with E-state index in [0.29, 0.717) is 28.6 Å². The first kappa shape index (κ1) is 36.9. The predicted molar refractivity (Wildman–Crippen MR) is 196 cm³/mol. The highest BCUT2D eigenvalue weighted by Gasteiger charge is 2.36. The van der Waals surface area contributed by atoms with E-state index in [9.17, 15) is 53.6 Å². The number of hydrogen-bond donors (Lipinski definition) is 6. The van der Waals surface area contributed by atoms with Crippen molar-refractivity contribution < 1.29 is 53.6 Å². The number of allylic oxidation sites excluding steroid dienone is 2. The molecule has 2 aliphatic carbocycles. The van der Waals surface area contributed by atoms with Crippen molar-refractivity contribution in [2.45, 2.75) is 18.7 Å². The normalized spacial score (nSPS) is 16.2. The molecule has 0 spiro atoms. The van der Waals surface area contributed by atoms with Gasteiger partial charge in [0.25, 0.3) is 30.4 Å². The van der Waals surface area contributed by atoms with Crippen LogP contribution >= 0.6 is 0 Å². The highest BCUT2D eigenvalue weighted by molar-refractivity contribution is 7.95. The molecular weight excluding hydrogens is 753 g/mol. The van der Waals surface area contributed by atoms with Crippen LogP contribution in [0.1, 0.15) is 43.0 Å². The summed E-state index contributed by atoms with van der Waals surface area (Å²) in [5, 5.41) is 18.4. The molecule has 0 atom stereocenters. The number of carbonyl (C=O) groups excluding carboxylic acids is 2. The lowest BCUT2D eigenvalue weighted by atomic mass is 9.94. The zero-order valence-electron chi connectivity index (χ0n) is 27.3. The van der Waals surface area contributed by atoms with E-state index < -0.39 is 79.2 Å². The minimum Gasteiger partial charge on any atom is -0.507 e. The molecule has 0 aliphatic heterocycles. The Labute approximate surface area is 302 Å². The number of fused-ring (bicyclic) bond motifs is 2. The molecule has 272 valence electrons. The highest BCUT2D eigenvalue weighted by atomic mass is 32.2. The lowest BCUT2D eigenvalue weighted by Crippen LogP contribution is -2.27. The molecule has 0 amide bonds. The minimum absolute atomic E-state index is 0.0656. The monoisotopic (exact) mass is 778 g/mol. The number of phenolic OH excluding ortho intramolecular Hbond substituents is 1. The van der Waals surface area contributed by atoms with Gasteiger partial charge in [0.05, 0.1) is 21.8 Å². The van der Waals surface area contributed by atoms with Crippen molar-refractivity contribution in [3.8, 4) is 16.9 Å². The zero-order valence-corrected chi connectivity index (χ0v) is 29.7. The number of anilines is 2. The molecule has 6 N–H and O–H groups in total. The average Bonchev–Trinajstić information content (AvgIpc) is 3.06. The molecule has 16 nitrogen and oxygen atoms in total. The second-order valence-electron chi connectivity index (χ2n) is 11.8. The summed E-state index contributed by atoms with van der Waals surface area (Å²) >= 11 is 0. The molecule has 0 saturated carbocycles. The highest BCUT2D eigenvalue weighted by Crippen LogP contribution is 2.35. The topological polar surface area (TPSA) is 266 Å². The molecule has 0 aromatic heterocycles. The molecule has 0 radical (unpaired) electrons. The van der Waals surface area contributed by atoms with Gasteiger partial charge < -0.3 is 5.11 Å². The van der Waals surface area contributed by atoms with E-state index in [1.807, 2.05) is 6.07 Å². The lowest BCUT2D eigenvalue weighted by Gasteiger charge is -2.18. The Morgan fingerprint density at radius 3 is 1.68 bits per heavy atom. The summed E-state index contributed by atoms with van der Waals surface area (Å²) in [6, 6.07) is 17.6. The van der Waals surface area contributed by atoms with Crippen molar-refractivity contribution >= 4 is 75.7 Å². The van der Waals surface area contributed by atoms with Crippen LogP contribution in [0.25, 0.3) is 22.1 Å². The zero-order chi connectivity index (χ0) is 38.6. The van der Waals surface area contributed by atoms with E-state index in [1.54, 1.807) is 50.2 Å². The number of carbonyl (C=O) groups is 2. The van der Waals surface area contributed by atoms with Crippen LogP contribution in [0.2, 0.25) is 0 Å². The number of phenols is 1. The van der Waals surface area contributed by atoms with E-state index in [2.05, 4.69) is 21.1 Å². The van der Waals surface area contributed by atoms with Gasteiger partial charge in [0.1, 0.15) is 21.3 Å². The van der Waals surface area contributed by atoms with Crippen molar-refractivity contribution in [1.82, 2.24) is 0 Å². The van der Waals surface area contributed by atoms with E-state index in [0.717, 1.165) is 29.3 Å². The molecule has 0 heterocycles. The summed E-state index contributed by atoms with van der Waals surface area (Å²) in [7, 11) is -14.6. The molecule has 0 bridgehead atoms. The number of ketones is 2. The molecule has 0 saturated heterocycles. The number of aryl methyl sites for hydroxylation is 2. The van der Waals surface area contributed by atoms with Gasteiger partial charge in [0.2, 0.25) is 11.6 Å². The maximum absolute atomic E-state index is 13.3. The summed E-state index contributed by atoms with van der Waals surface area (Å²) in [5.74, 6) is -2.57. The van der Waals surface area contributed by atoms with Gasteiger partial charge >= 0.3 is 0 Å². The SMILES string of the molecule is Cc1cc(-c2ccc(NN=C3C(=O)c4c(O)cc(S(=O)(=O)O)cc4C=C3S(=O)(=O)O)c(C)c2)ccc1NN=C1C=C(S(=O)(=O)O)c2ccccc2C1=O. The fourth-order valence-corrected chi connectivity index (χ4v) is 7.56. The smallest absolute Gasteiger partial charge is 0.296 e. The molecule has 2 aliphatic rings. The number of rotatable bonds is 8. The fourth-order valence-electron chi connectivity index (χ4n) is 5.65.